The molecule has 5 nitrogen and oxygen atoms in total. The quantitative estimate of drug-likeness (QED) is 0.756. The van der Waals surface area contributed by atoms with Crippen molar-refractivity contribution in [3.8, 4) is 0 Å². The fraction of sp³-hybridized carbons (Fsp3) is 0.375. The Morgan fingerprint density at radius 1 is 1.36 bits per heavy atom. The third kappa shape index (κ3) is 3.16. The molecule has 22 heavy (non-hydrogen) atoms. The van der Waals surface area contributed by atoms with Gasteiger partial charge in [-0.25, -0.2) is 0 Å². The molecule has 0 radical (unpaired) electrons. The number of carbonyl (C=O) groups excluding carboxylic acids is 1. The van der Waals surface area contributed by atoms with Crippen molar-refractivity contribution >= 4 is 38.7 Å². The van der Waals surface area contributed by atoms with Crippen molar-refractivity contribution in [2.24, 2.45) is 5.92 Å². The summed E-state index contributed by atoms with van der Waals surface area (Å²) in [6.45, 7) is 5.53. The molecule has 2 aromatic rings. The predicted octanol–water partition coefficient (Wildman–Crippen LogP) is 3.55. The Balaban J connectivity index is 2.33. The number of carboxylic acids is 1. The van der Waals surface area contributed by atoms with E-state index < -0.39 is 11.5 Å². The van der Waals surface area contributed by atoms with Crippen molar-refractivity contribution in [2.75, 3.05) is 0 Å². The number of amides is 1. The Kier molecular flexibility index (Phi) is 4.60. The summed E-state index contributed by atoms with van der Waals surface area (Å²) in [7, 11) is 0. The molecule has 1 atom stereocenters. The molecule has 0 bridgehead atoms. The van der Waals surface area contributed by atoms with Gasteiger partial charge in [-0.3, -0.25) is 9.59 Å². The number of para-hydroxylation sites is 1. The molecule has 0 saturated heterocycles. The van der Waals surface area contributed by atoms with Crippen LogP contribution in [-0.2, 0) is 4.79 Å². The SMILES string of the molecule is CC(C)C(C)(CC(=O)O)NC(=O)c1[nH]c2ccccc2c1Br. The van der Waals surface area contributed by atoms with E-state index in [1.54, 1.807) is 6.92 Å². The van der Waals surface area contributed by atoms with Crippen LogP contribution >= 0.6 is 15.9 Å². The fourth-order valence-electron chi connectivity index (χ4n) is 2.29. The van der Waals surface area contributed by atoms with E-state index in [0.29, 0.717) is 10.2 Å². The Labute approximate surface area is 137 Å². The van der Waals surface area contributed by atoms with Crippen LogP contribution in [0.3, 0.4) is 0 Å². The van der Waals surface area contributed by atoms with Crippen molar-refractivity contribution in [1.29, 1.82) is 0 Å². The number of H-pyrrole nitrogens is 1. The number of rotatable bonds is 5. The molecule has 0 aliphatic heterocycles. The van der Waals surface area contributed by atoms with E-state index >= 15 is 0 Å². The number of benzene rings is 1. The maximum Gasteiger partial charge on any atom is 0.305 e. The summed E-state index contributed by atoms with van der Waals surface area (Å²) in [6.07, 6.45) is -0.131. The van der Waals surface area contributed by atoms with Crippen molar-refractivity contribution in [2.45, 2.75) is 32.7 Å². The largest absolute Gasteiger partial charge is 0.481 e. The van der Waals surface area contributed by atoms with E-state index in [1.165, 1.54) is 0 Å². The van der Waals surface area contributed by atoms with Gasteiger partial charge in [0.15, 0.2) is 0 Å². The lowest BCUT2D eigenvalue weighted by Crippen LogP contribution is -2.51. The highest BCUT2D eigenvalue weighted by Crippen LogP contribution is 2.29. The molecule has 1 heterocycles. The van der Waals surface area contributed by atoms with Crippen LogP contribution in [0.5, 0.6) is 0 Å². The molecule has 1 amide bonds. The average Bonchev–Trinajstić information content (AvgIpc) is 2.75. The lowest BCUT2D eigenvalue weighted by Gasteiger charge is -2.33. The molecule has 2 rings (SSSR count). The van der Waals surface area contributed by atoms with Gasteiger partial charge in [-0.15, -0.1) is 0 Å². The molecule has 0 spiro atoms. The number of aliphatic carboxylic acids is 1. The minimum Gasteiger partial charge on any atom is -0.481 e. The molecule has 1 aromatic carbocycles. The summed E-state index contributed by atoms with van der Waals surface area (Å²) in [5, 5.41) is 12.9. The first-order valence-corrected chi connectivity index (χ1v) is 7.84. The zero-order valence-electron chi connectivity index (χ0n) is 12.7. The zero-order chi connectivity index (χ0) is 16.5. The average molecular weight is 367 g/mol. The van der Waals surface area contributed by atoms with Crippen LogP contribution in [-0.4, -0.2) is 27.5 Å². The third-order valence-electron chi connectivity index (χ3n) is 4.06. The fourth-order valence-corrected chi connectivity index (χ4v) is 2.92. The highest BCUT2D eigenvalue weighted by Gasteiger charge is 2.34. The number of fused-ring (bicyclic) bond motifs is 1. The van der Waals surface area contributed by atoms with Gasteiger partial charge in [0.2, 0.25) is 0 Å². The standard InChI is InChI=1S/C16H19BrN2O3/c1-9(2)16(3,8-12(20)21)19-15(22)14-13(17)10-6-4-5-7-11(10)18-14/h4-7,9,18H,8H2,1-3H3,(H,19,22)(H,20,21). The molecule has 0 aliphatic carbocycles. The highest BCUT2D eigenvalue weighted by molar-refractivity contribution is 9.10. The first-order valence-electron chi connectivity index (χ1n) is 7.05. The number of aromatic amines is 1. The zero-order valence-corrected chi connectivity index (χ0v) is 14.3. The lowest BCUT2D eigenvalue weighted by molar-refractivity contribution is -0.138. The molecule has 1 unspecified atom stereocenters. The number of nitrogens with one attached hydrogen (secondary N) is 2. The number of carbonyl (C=O) groups is 2. The van der Waals surface area contributed by atoms with E-state index in [0.717, 1.165) is 10.9 Å². The maximum absolute atomic E-state index is 12.6. The molecule has 6 heteroatoms. The summed E-state index contributed by atoms with van der Waals surface area (Å²) in [4.78, 5) is 26.7. The normalized spacial score (nSPS) is 14.0. The van der Waals surface area contributed by atoms with Crippen LogP contribution < -0.4 is 5.32 Å². The van der Waals surface area contributed by atoms with E-state index in [-0.39, 0.29) is 18.2 Å². The molecule has 118 valence electrons. The minimum atomic E-state index is -0.938. The molecule has 0 aliphatic rings. The van der Waals surface area contributed by atoms with Crippen molar-refractivity contribution in [3.05, 3.63) is 34.4 Å². The Bertz CT molecular complexity index is 723. The summed E-state index contributed by atoms with van der Waals surface area (Å²) < 4.78 is 0.682. The van der Waals surface area contributed by atoms with Gasteiger partial charge in [-0.1, -0.05) is 32.0 Å². The van der Waals surface area contributed by atoms with Crippen molar-refractivity contribution < 1.29 is 14.7 Å². The van der Waals surface area contributed by atoms with Crippen LogP contribution in [0.15, 0.2) is 28.7 Å². The molecular formula is C16H19BrN2O3. The molecule has 0 fully saturated rings. The Morgan fingerprint density at radius 3 is 2.55 bits per heavy atom. The first-order chi connectivity index (χ1) is 10.2. The predicted molar refractivity (Wildman–Crippen MR) is 89.0 cm³/mol. The molecule has 0 saturated carbocycles. The van der Waals surface area contributed by atoms with Gasteiger partial charge in [0.1, 0.15) is 5.69 Å². The number of hydrogen-bond acceptors (Lipinski definition) is 2. The number of aromatic nitrogens is 1. The monoisotopic (exact) mass is 366 g/mol. The highest BCUT2D eigenvalue weighted by atomic mass is 79.9. The van der Waals surface area contributed by atoms with Gasteiger partial charge in [0, 0.05) is 10.9 Å². The van der Waals surface area contributed by atoms with E-state index in [2.05, 4.69) is 26.2 Å². The van der Waals surface area contributed by atoms with Gasteiger partial charge in [-0.05, 0) is 34.8 Å². The summed E-state index contributed by atoms with van der Waals surface area (Å²) >= 11 is 3.44. The maximum atomic E-state index is 12.6. The molecule has 3 N–H and O–H groups in total. The van der Waals surface area contributed by atoms with Crippen molar-refractivity contribution in [3.63, 3.8) is 0 Å². The van der Waals surface area contributed by atoms with Gasteiger partial charge in [0.05, 0.1) is 16.4 Å². The second kappa shape index (κ2) is 6.12. The second-order valence-corrected chi connectivity index (χ2v) is 6.75. The van der Waals surface area contributed by atoms with Gasteiger partial charge < -0.3 is 15.4 Å². The van der Waals surface area contributed by atoms with Crippen LogP contribution in [0.2, 0.25) is 0 Å². The lowest BCUT2D eigenvalue weighted by atomic mass is 9.85. The summed E-state index contributed by atoms with van der Waals surface area (Å²) in [5.74, 6) is -1.27. The molecule has 1 aromatic heterocycles. The molecular weight excluding hydrogens is 348 g/mol. The smallest absolute Gasteiger partial charge is 0.305 e. The van der Waals surface area contributed by atoms with Gasteiger partial charge in [0.25, 0.3) is 5.91 Å². The first kappa shape index (κ1) is 16.5. The van der Waals surface area contributed by atoms with Gasteiger partial charge in [-0.2, -0.15) is 0 Å². The third-order valence-corrected chi connectivity index (χ3v) is 4.89. The number of carboxylic acid groups (broad SMARTS) is 1. The van der Waals surface area contributed by atoms with E-state index in [4.69, 9.17) is 5.11 Å². The van der Waals surface area contributed by atoms with Gasteiger partial charge >= 0.3 is 5.97 Å². The topological polar surface area (TPSA) is 82.2 Å². The summed E-state index contributed by atoms with van der Waals surface area (Å²) in [6, 6.07) is 7.57. The van der Waals surface area contributed by atoms with Crippen LogP contribution in [0, 0.1) is 5.92 Å². The number of hydrogen-bond donors (Lipinski definition) is 3. The Morgan fingerprint density at radius 2 is 2.00 bits per heavy atom. The van der Waals surface area contributed by atoms with Crippen LogP contribution in [0.1, 0.15) is 37.7 Å². The second-order valence-electron chi connectivity index (χ2n) is 5.96. The van der Waals surface area contributed by atoms with E-state index in [9.17, 15) is 9.59 Å². The van der Waals surface area contributed by atoms with Crippen molar-refractivity contribution in [1.82, 2.24) is 10.3 Å². The minimum absolute atomic E-state index is 0.0179. The Hall–Kier alpha value is -1.82. The number of halogens is 1. The van der Waals surface area contributed by atoms with Crippen LogP contribution in [0.25, 0.3) is 10.9 Å². The summed E-state index contributed by atoms with van der Waals surface area (Å²) in [5.41, 5.74) is 0.432. The van der Waals surface area contributed by atoms with E-state index in [1.807, 2.05) is 38.1 Å². The van der Waals surface area contributed by atoms with Crippen LogP contribution in [0.4, 0.5) is 0 Å².